The van der Waals surface area contributed by atoms with Gasteiger partial charge < -0.3 is 10.5 Å². The Bertz CT molecular complexity index is 515. The summed E-state index contributed by atoms with van der Waals surface area (Å²) in [6, 6.07) is 10.2. The first kappa shape index (κ1) is 11.3. The molecule has 3 N–H and O–H groups in total. The van der Waals surface area contributed by atoms with Crippen molar-refractivity contribution in [1.29, 1.82) is 0 Å². The smallest absolute Gasteiger partial charge is 0.153 e. The number of hydrogen-bond donors (Lipinski definition) is 2. The second kappa shape index (κ2) is 4.82. The van der Waals surface area contributed by atoms with Gasteiger partial charge in [-0.1, -0.05) is 30.3 Å². The van der Waals surface area contributed by atoms with Crippen molar-refractivity contribution >= 4 is 5.82 Å². The molecule has 1 fully saturated rings. The molecule has 1 aliphatic rings. The van der Waals surface area contributed by atoms with Gasteiger partial charge in [-0.3, -0.25) is 5.10 Å². The lowest BCUT2D eigenvalue weighted by molar-refractivity contribution is 0.0794. The fourth-order valence-corrected chi connectivity index (χ4v) is 2.54. The highest BCUT2D eigenvalue weighted by Crippen LogP contribution is 2.35. The summed E-state index contributed by atoms with van der Waals surface area (Å²) < 4.78 is 5.55. The van der Waals surface area contributed by atoms with Crippen LogP contribution in [0.15, 0.2) is 30.3 Å². The molecule has 1 unspecified atom stereocenters. The van der Waals surface area contributed by atoms with Crippen molar-refractivity contribution in [2.45, 2.75) is 18.8 Å². The molecule has 3 rings (SSSR count). The zero-order valence-corrected chi connectivity index (χ0v) is 10.2. The number of nitrogen functional groups attached to an aromatic ring is 1. The minimum absolute atomic E-state index is 0.374. The van der Waals surface area contributed by atoms with Crippen LogP contribution in [0, 0.1) is 0 Å². The summed E-state index contributed by atoms with van der Waals surface area (Å²) in [5.41, 5.74) is 9.26. The highest BCUT2D eigenvalue weighted by Gasteiger charge is 2.23. The Morgan fingerprint density at radius 1 is 1.28 bits per heavy atom. The largest absolute Gasteiger partial charge is 0.382 e. The van der Waals surface area contributed by atoms with Crippen molar-refractivity contribution in [3.8, 4) is 11.1 Å². The molecule has 0 saturated carbocycles. The van der Waals surface area contributed by atoms with Crippen LogP contribution in [0.4, 0.5) is 5.82 Å². The van der Waals surface area contributed by atoms with Crippen molar-refractivity contribution in [3.05, 3.63) is 36.0 Å². The molecule has 0 bridgehead atoms. The molecule has 1 aromatic carbocycles. The SMILES string of the molecule is Nc1n[nH]c(C2CCCOC2)c1-c1ccccc1. The van der Waals surface area contributed by atoms with Gasteiger partial charge in [0, 0.05) is 18.1 Å². The lowest BCUT2D eigenvalue weighted by atomic mass is 9.93. The topological polar surface area (TPSA) is 63.9 Å². The molecule has 0 aliphatic carbocycles. The van der Waals surface area contributed by atoms with Crippen LogP contribution in [0.3, 0.4) is 0 Å². The number of rotatable bonds is 2. The summed E-state index contributed by atoms with van der Waals surface area (Å²) >= 11 is 0. The molecule has 94 valence electrons. The van der Waals surface area contributed by atoms with Gasteiger partial charge in [0.1, 0.15) is 0 Å². The van der Waals surface area contributed by atoms with E-state index in [1.54, 1.807) is 0 Å². The number of aromatic nitrogens is 2. The Hall–Kier alpha value is -1.81. The summed E-state index contributed by atoms with van der Waals surface area (Å²) in [5.74, 6) is 0.945. The van der Waals surface area contributed by atoms with Crippen LogP contribution in [0.25, 0.3) is 11.1 Å². The van der Waals surface area contributed by atoms with Crippen LogP contribution in [0.2, 0.25) is 0 Å². The fourth-order valence-electron chi connectivity index (χ4n) is 2.54. The van der Waals surface area contributed by atoms with E-state index in [0.29, 0.717) is 11.7 Å². The summed E-state index contributed by atoms with van der Waals surface area (Å²) in [5, 5.41) is 7.25. The molecular weight excluding hydrogens is 226 g/mol. The van der Waals surface area contributed by atoms with Crippen LogP contribution in [-0.4, -0.2) is 23.4 Å². The van der Waals surface area contributed by atoms with Gasteiger partial charge in [-0.05, 0) is 18.4 Å². The number of H-pyrrole nitrogens is 1. The predicted molar refractivity (Wildman–Crippen MR) is 71.2 cm³/mol. The Morgan fingerprint density at radius 2 is 2.11 bits per heavy atom. The van der Waals surface area contributed by atoms with Crippen molar-refractivity contribution in [1.82, 2.24) is 10.2 Å². The van der Waals surface area contributed by atoms with Crippen LogP contribution in [0.1, 0.15) is 24.5 Å². The van der Waals surface area contributed by atoms with E-state index in [1.807, 2.05) is 18.2 Å². The normalized spacial score (nSPS) is 19.9. The minimum Gasteiger partial charge on any atom is -0.382 e. The van der Waals surface area contributed by atoms with Gasteiger partial charge in [-0.25, -0.2) is 0 Å². The first-order valence-corrected chi connectivity index (χ1v) is 6.33. The van der Waals surface area contributed by atoms with Gasteiger partial charge >= 0.3 is 0 Å². The van der Waals surface area contributed by atoms with Gasteiger partial charge in [0.2, 0.25) is 0 Å². The summed E-state index contributed by atoms with van der Waals surface area (Å²) in [7, 11) is 0. The highest BCUT2D eigenvalue weighted by molar-refractivity contribution is 5.76. The number of ether oxygens (including phenoxy) is 1. The zero-order valence-electron chi connectivity index (χ0n) is 10.2. The van der Waals surface area contributed by atoms with Crippen molar-refractivity contribution < 1.29 is 4.74 Å². The standard InChI is InChI=1S/C14H17N3O/c15-14-12(10-5-2-1-3-6-10)13(16-17-14)11-7-4-8-18-9-11/h1-3,5-6,11H,4,7-9H2,(H3,15,16,17). The number of benzene rings is 1. The lowest BCUT2D eigenvalue weighted by Gasteiger charge is -2.22. The number of hydrogen-bond acceptors (Lipinski definition) is 3. The Kier molecular flexibility index (Phi) is 3.02. The molecule has 0 amide bonds. The Labute approximate surface area is 106 Å². The molecular formula is C14H17N3O. The number of nitrogens with two attached hydrogens (primary N) is 1. The molecule has 4 nitrogen and oxygen atoms in total. The van der Waals surface area contributed by atoms with Crippen LogP contribution in [0.5, 0.6) is 0 Å². The van der Waals surface area contributed by atoms with Crippen molar-refractivity contribution in [2.75, 3.05) is 18.9 Å². The van der Waals surface area contributed by atoms with E-state index in [9.17, 15) is 0 Å². The van der Waals surface area contributed by atoms with E-state index < -0.39 is 0 Å². The molecule has 18 heavy (non-hydrogen) atoms. The van der Waals surface area contributed by atoms with Crippen LogP contribution >= 0.6 is 0 Å². The number of aromatic amines is 1. The van der Waals surface area contributed by atoms with Gasteiger partial charge in [-0.2, -0.15) is 5.10 Å². The average molecular weight is 243 g/mol. The van der Waals surface area contributed by atoms with Crippen molar-refractivity contribution in [3.63, 3.8) is 0 Å². The fraction of sp³-hybridized carbons (Fsp3) is 0.357. The maximum Gasteiger partial charge on any atom is 0.153 e. The quantitative estimate of drug-likeness (QED) is 0.852. The minimum atomic E-state index is 0.374. The molecule has 1 saturated heterocycles. The second-order valence-electron chi connectivity index (χ2n) is 4.68. The monoisotopic (exact) mass is 243 g/mol. The Morgan fingerprint density at radius 3 is 2.83 bits per heavy atom. The molecule has 2 aromatic rings. The maximum atomic E-state index is 6.00. The third kappa shape index (κ3) is 1.99. The number of nitrogens with zero attached hydrogens (tertiary/aromatic N) is 1. The molecule has 1 atom stereocenters. The maximum absolute atomic E-state index is 6.00. The molecule has 4 heteroatoms. The van der Waals surface area contributed by atoms with E-state index in [-0.39, 0.29) is 0 Å². The molecule has 2 heterocycles. The van der Waals surface area contributed by atoms with Crippen molar-refractivity contribution in [2.24, 2.45) is 0 Å². The van der Waals surface area contributed by atoms with Gasteiger partial charge in [0.25, 0.3) is 0 Å². The van der Waals surface area contributed by atoms with Gasteiger partial charge in [-0.15, -0.1) is 0 Å². The first-order valence-electron chi connectivity index (χ1n) is 6.33. The lowest BCUT2D eigenvalue weighted by Crippen LogP contribution is -2.16. The molecule has 0 spiro atoms. The summed E-state index contributed by atoms with van der Waals surface area (Å²) in [6.07, 6.45) is 2.22. The molecule has 1 aromatic heterocycles. The number of nitrogens with one attached hydrogen (secondary N) is 1. The average Bonchev–Trinajstić information content (AvgIpc) is 2.83. The number of anilines is 1. The van der Waals surface area contributed by atoms with Crippen LogP contribution < -0.4 is 5.73 Å². The summed E-state index contributed by atoms with van der Waals surface area (Å²) in [4.78, 5) is 0. The Balaban J connectivity index is 2.01. The predicted octanol–water partition coefficient (Wildman–Crippen LogP) is 2.55. The third-order valence-corrected chi connectivity index (χ3v) is 3.45. The van der Waals surface area contributed by atoms with Gasteiger partial charge in [0.15, 0.2) is 5.82 Å². The van der Waals surface area contributed by atoms with E-state index in [2.05, 4.69) is 22.3 Å². The van der Waals surface area contributed by atoms with Crippen LogP contribution in [-0.2, 0) is 4.74 Å². The van der Waals surface area contributed by atoms with E-state index in [4.69, 9.17) is 10.5 Å². The highest BCUT2D eigenvalue weighted by atomic mass is 16.5. The molecule has 0 radical (unpaired) electrons. The summed E-state index contributed by atoms with van der Waals surface area (Å²) in [6.45, 7) is 1.61. The van der Waals surface area contributed by atoms with Gasteiger partial charge in [0.05, 0.1) is 12.3 Å². The first-order chi connectivity index (χ1) is 8.86. The third-order valence-electron chi connectivity index (χ3n) is 3.45. The molecule has 1 aliphatic heterocycles. The zero-order chi connectivity index (χ0) is 12.4. The van der Waals surface area contributed by atoms with E-state index >= 15 is 0 Å². The van der Waals surface area contributed by atoms with E-state index in [1.165, 1.54) is 0 Å². The van der Waals surface area contributed by atoms with E-state index in [0.717, 1.165) is 42.9 Å². The second-order valence-corrected chi connectivity index (χ2v) is 4.68.